The molecule has 3 heterocycles. The van der Waals surface area contributed by atoms with Crippen molar-refractivity contribution in [3.63, 3.8) is 0 Å². The zero-order valence-electron chi connectivity index (χ0n) is 17.7. The van der Waals surface area contributed by atoms with E-state index in [2.05, 4.69) is 58.7 Å². The number of rotatable bonds is 7. The number of nitrogens with one attached hydrogen (secondary N) is 1. The number of piperazine rings is 1. The molecule has 0 radical (unpaired) electrons. The maximum atomic E-state index is 9.62. The Morgan fingerprint density at radius 3 is 2.48 bits per heavy atom. The van der Waals surface area contributed by atoms with E-state index in [1.807, 2.05) is 0 Å². The zero-order chi connectivity index (χ0) is 19.4. The van der Waals surface area contributed by atoms with Crippen molar-refractivity contribution in [3.05, 3.63) is 17.5 Å². The van der Waals surface area contributed by atoms with E-state index in [1.54, 1.807) is 0 Å². The molecular weight excluding hydrogens is 338 g/mol. The molecule has 154 valence electrons. The van der Waals surface area contributed by atoms with Gasteiger partial charge in [0, 0.05) is 56.6 Å². The molecule has 2 saturated heterocycles. The molecule has 1 atom stereocenters. The molecule has 3 rings (SSSR count). The van der Waals surface area contributed by atoms with E-state index >= 15 is 0 Å². The van der Waals surface area contributed by atoms with E-state index in [-0.39, 0.29) is 6.61 Å². The zero-order valence-corrected chi connectivity index (χ0v) is 17.7. The lowest BCUT2D eigenvalue weighted by atomic mass is 9.97. The molecule has 1 aromatic rings. The molecule has 6 heteroatoms. The van der Waals surface area contributed by atoms with E-state index in [0.29, 0.717) is 24.0 Å². The molecule has 0 aliphatic carbocycles. The average molecular weight is 378 g/mol. The predicted molar refractivity (Wildman–Crippen MR) is 110 cm³/mol. The number of aliphatic hydroxyl groups is 1. The SMILES string of the molecule is CC(C)c1cc(CN2CCN(C3CCN(C(C)C)CC3)[C@@H](CCO)C2)[nH]n1. The lowest BCUT2D eigenvalue weighted by Crippen LogP contribution is -2.58. The van der Waals surface area contributed by atoms with Crippen molar-refractivity contribution in [2.45, 2.75) is 77.5 Å². The number of hydrogen-bond donors (Lipinski definition) is 2. The summed E-state index contributed by atoms with van der Waals surface area (Å²) < 4.78 is 0. The van der Waals surface area contributed by atoms with Crippen molar-refractivity contribution >= 4 is 0 Å². The summed E-state index contributed by atoms with van der Waals surface area (Å²) in [4.78, 5) is 7.83. The topological polar surface area (TPSA) is 58.6 Å². The third-order valence-electron chi connectivity index (χ3n) is 6.41. The van der Waals surface area contributed by atoms with E-state index in [4.69, 9.17) is 0 Å². The number of aromatic amines is 1. The quantitative estimate of drug-likeness (QED) is 0.763. The predicted octanol–water partition coefficient (Wildman–Crippen LogP) is 2.27. The van der Waals surface area contributed by atoms with Crippen LogP contribution in [0.1, 0.15) is 64.3 Å². The summed E-state index contributed by atoms with van der Waals surface area (Å²) >= 11 is 0. The van der Waals surface area contributed by atoms with Crippen molar-refractivity contribution in [2.24, 2.45) is 0 Å². The molecule has 2 fully saturated rings. The Bertz CT molecular complexity index is 565. The minimum Gasteiger partial charge on any atom is -0.396 e. The Labute approximate surface area is 164 Å². The van der Waals surface area contributed by atoms with E-state index in [1.165, 1.54) is 31.6 Å². The van der Waals surface area contributed by atoms with Gasteiger partial charge in [0.05, 0.1) is 5.69 Å². The Balaban J connectivity index is 1.56. The third-order valence-corrected chi connectivity index (χ3v) is 6.41. The second kappa shape index (κ2) is 9.50. The molecule has 2 aliphatic heterocycles. The van der Waals surface area contributed by atoms with Gasteiger partial charge >= 0.3 is 0 Å². The van der Waals surface area contributed by atoms with Gasteiger partial charge in [-0.3, -0.25) is 14.9 Å². The van der Waals surface area contributed by atoms with Gasteiger partial charge < -0.3 is 10.0 Å². The lowest BCUT2D eigenvalue weighted by Gasteiger charge is -2.48. The smallest absolute Gasteiger partial charge is 0.0650 e. The Morgan fingerprint density at radius 1 is 1.15 bits per heavy atom. The molecule has 1 aromatic heterocycles. The fourth-order valence-electron chi connectivity index (χ4n) is 4.70. The normalized spacial score (nSPS) is 24.3. The Kier molecular flexibility index (Phi) is 7.31. The van der Waals surface area contributed by atoms with Crippen molar-refractivity contribution in [2.75, 3.05) is 39.3 Å². The Hall–Kier alpha value is -0.950. The summed E-state index contributed by atoms with van der Waals surface area (Å²) in [6.45, 7) is 15.8. The number of nitrogens with zero attached hydrogens (tertiary/aromatic N) is 4. The highest BCUT2D eigenvalue weighted by molar-refractivity contribution is 5.12. The van der Waals surface area contributed by atoms with Crippen molar-refractivity contribution in [3.8, 4) is 0 Å². The number of hydrogen-bond acceptors (Lipinski definition) is 5. The van der Waals surface area contributed by atoms with Crippen molar-refractivity contribution in [1.82, 2.24) is 24.9 Å². The first kappa shape index (κ1) is 20.8. The largest absolute Gasteiger partial charge is 0.396 e. The standard InChI is InChI=1S/C21H39N5O/c1-16(2)21-13-18(22-23-21)14-24-10-11-26(20(15-24)7-12-27)19-5-8-25(9-6-19)17(3)4/h13,16-17,19-20,27H,5-12,14-15H2,1-4H3,(H,22,23)/t20-/m0/s1. The summed E-state index contributed by atoms with van der Waals surface area (Å²) in [6, 6.07) is 4.01. The molecule has 0 bridgehead atoms. The van der Waals surface area contributed by atoms with Crippen LogP contribution >= 0.6 is 0 Å². The minimum absolute atomic E-state index is 0.279. The number of H-pyrrole nitrogens is 1. The summed E-state index contributed by atoms with van der Waals surface area (Å²) in [5.41, 5.74) is 2.35. The summed E-state index contributed by atoms with van der Waals surface area (Å²) in [5, 5.41) is 17.3. The highest BCUT2D eigenvalue weighted by atomic mass is 16.3. The maximum Gasteiger partial charge on any atom is 0.0650 e. The van der Waals surface area contributed by atoms with Gasteiger partial charge in [0.15, 0.2) is 0 Å². The fraction of sp³-hybridized carbons (Fsp3) is 0.857. The molecule has 0 saturated carbocycles. The van der Waals surface area contributed by atoms with Crippen molar-refractivity contribution < 1.29 is 5.11 Å². The van der Waals surface area contributed by atoms with Crippen LogP contribution < -0.4 is 0 Å². The molecular formula is C21H39N5O. The van der Waals surface area contributed by atoms with Gasteiger partial charge in [0.1, 0.15) is 0 Å². The summed E-state index contributed by atoms with van der Waals surface area (Å²) in [5.74, 6) is 0.464. The highest BCUT2D eigenvalue weighted by Gasteiger charge is 2.34. The first-order valence-corrected chi connectivity index (χ1v) is 10.8. The highest BCUT2D eigenvalue weighted by Crippen LogP contribution is 2.25. The number of aliphatic hydroxyl groups excluding tert-OH is 1. The van der Waals surface area contributed by atoms with Crippen LogP contribution in [0.4, 0.5) is 0 Å². The molecule has 0 spiro atoms. The fourth-order valence-corrected chi connectivity index (χ4v) is 4.70. The molecule has 6 nitrogen and oxygen atoms in total. The van der Waals surface area contributed by atoms with Gasteiger partial charge in [0.25, 0.3) is 0 Å². The van der Waals surface area contributed by atoms with E-state index < -0.39 is 0 Å². The van der Waals surface area contributed by atoms with E-state index in [0.717, 1.165) is 38.3 Å². The molecule has 0 unspecified atom stereocenters. The molecule has 0 aromatic carbocycles. The second-order valence-electron chi connectivity index (χ2n) is 8.97. The van der Waals surface area contributed by atoms with Gasteiger partial charge in [-0.1, -0.05) is 13.8 Å². The first-order chi connectivity index (χ1) is 13.0. The van der Waals surface area contributed by atoms with Gasteiger partial charge in [-0.25, -0.2) is 0 Å². The molecule has 27 heavy (non-hydrogen) atoms. The Morgan fingerprint density at radius 2 is 1.89 bits per heavy atom. The van der Waals surface area contributed by atoms with Crippen LogP contribution in [0.25, 0.3) is 0 Å². The van der Waals surface area contributed by atoms with Crippen LogP contribution in [0.5, 0.6) is 0 Å². The molecule has 2 N–H and O–H groups in total. The number of aromatic nitrogens is 2. The summed E-state index contributed by atoms with van der Waals surface area (Å²) in [6.07, 6.45) is 3.40. The van der Waals surface area contributed by atoms with Gasteiger partial charge in [-0.2, -0.15) is 5.10 Å². The van der Waals surface area contributed by atoms with Crippen LogP contribution in [0, 0.1) is 0 Å². The summed E-state index contributed by atoms with van der Waals surface area (Å²) in [7, 11) is 0. The van der Waals surface area contributed by atoms with Crippen LogP contribution in [0.15, 0.2) is 6.07 Å². The average Bonchev–Trinajstić information content (AvgIpc) is 3.11. The van der Waals surface area contributed by atoms with E-state index in [9.17, 15) is 5.11 Å². The second-order valence-corrected chi connectivity index (χ2v) is 8.97. The van der Waals surface area contributed by atoms with Crippen LogP contribution in [-0.2, 0) is 6.54 Å². The first-order valence-electron chi connectivity index (χ1n) is 10.8. The number of likely N-dealkylation sites (tertiary alicyclic amines) is 1. The molecule has 2 aliphatic rings. The van der Waals surface area contributed by atoms with Gasteiger partial charge in [-0.05, 0) is 58.2 Å². The number of piperidine rings is 1. The van der Waals surface area contributed by atoms with Crippen LogP contribution in [-0.4, -0.2) is 87.5 Å². The van der Waals surface area contributed by atoms with Crippen LogP contribution in [0.2, 0.25) is 0 Å². The van der Waals surface area contributed by atoms with Gasteiger partial charge in [-0.15, -0.1) is 0 Å². The maximum absolute atomic E-state index is 9.62. The lowest BCUT2D eigenvalue weighted by molar-refractivity contribution is -0.000342. The molecule has 0 amide bonds. The monoisotopic (exact) mass is 377 g/mol. The third kappa shape index (κ3) is 5.31. The minimum atomic E-state index is 0.279. The van der Waals surface area contributed by atoms with Crippen molar-refractivity contribution in [1.29, 1.82) is 0 Å². The van der Waals surface area contributed by atoms with Crippen LogP contribution in [0.3, 0.4) is 0 Å². The van der Waals surface area contributed by atoms with Gasteiger partial charge in [0.2, 0.25) is 0 Å².